The first-order valence-electron chi connectivity index (χ1n) is 10.5. The Morgan fingerprint density at radius 1 is 0.758 bits per heavy atom. The Morgan fingerprint density at radius 2 is 1.30 bits per heavy atom. The highest BCUT2D eigenvalue weighted by Gasteiger charge is 2.33. The number of hydrogen-bond donors (Lipinski definition) is 7. The highest BCUT2D eigenvalue weighted by molar-refractivity contribution is 5.95. The topological polar surface area (TPSA) is 225 Å². The number of aliphatic carboxylic acids is 3. The number of carboxylic acid groups (broad SMARTS) is 3. The molecule has 4 atom stereocenters. The maximum absolute atomic E-state index is 12.7. The molecule has 0 heterocycles. The lowest BCUT2D eigenvalue weighted by Gasteiger charge is -2.27. The second-order valence-corrected chi connectivity index (χ2v) is 8.46. The highest BCUT2D eigenvalue weighted by atomic mass is 16.4. The van der Waals surface area contributed by atoms with Crippen molar-refractivity contribution in [1.29, 1.82) is 0 Å². The summed E-state index contributed by atoms with van der Waals surface area (Å²) in [5.74, 6) is -7.04. The molecule has 0 saturated carbocycles. The molecule has 0 bridgehead atoms. The van der Waals surface area contributed by atoms with Gasteiger partial charge < -0.3 is 37.0 Å². The molecule has 0 aromatic heterocycles. The van der Waals surface area contributed by atoms with Crippen LogP contribution < -0.4 is 21.7 Å². The normalized spacial score (nSPS) is 14.6. The zero-order valence-corrected chi connectivity index (χ0v) is 19.2. The number of amides is 3. The third-order valence-electron chi connectivity index (χ3n) is 4.59. The van der Waals surface area contributed by atoms with E-state index in [4.69, 9.17) is 15.9 Å². The predicted molar refractivity (Wildman–Crippen MR) is 115 cm³/mol. The fourth-order valence-electron chi connectivity index (χ4n) is 2.82. The molecule has 0 radical (unpaired) electrons. The fraction of sp³-hybridized carbons (Fsp3) is 0.700. The number of nitrogens with two attached hydrogens (primary N) is 1. The van der Waals surface area contributed by atoms with Crippen molar-refractivity contribution in [2.24, 2.45) is 17.6 Å². The quantitative estimate of drug-likeness (QED) is 0.151. The SMILES string of the molecule is CC(C)CC(NC(=O)C(NC(=O)C(CC(=O)O)NC(=O)C(N)CCC(=O)O)C(C)C)C(=O)O. The van der Waals surface area contributed by atoms with E-state index >= 15 is 0 Å². The first kappa shape index (κ1) is 29.8. The number of rotatable bonds is 15. The van der Waals surface area contributed by atoms with E-state index in [1.54, 1.807) is 27.7 Å². The van der Waals surface area contributed by atoms with Crippen LogP contribution in [0.4, 0.5) is 0 Å². The first-order valence-corrected chi connectivity index (χ1v) is 10.5. The van der Waals surface area contributed by atoms with Gasteiger partial charge in [-0.1, -0.05) is 27.7 Å². The maximum atomic E-state index is 12.7. The number of carbonyl (C=O) groups is 6. The van der Waals surface area contributed by atoms with Crippen molar-refractivity contribution in [3.05, 3.63) is 0 Å². The summed E-state index contributed by atoms with van der Waals surface area (Å²) in [6, 6.07) is -5.27. The van der Waals surface area contributed by atoms with Crippen LogP contribution in [0.3, 0.4) is 0 Å². The van der Waals surface area contributed by atoms with Gasteiger partial charge in [-0.2, -0.15) is 0 Å². The Bertz CT molecular complexity index is 739. The Balaban J connectivity index is 5.42. The lowest BCUT2D eigenvalue weighted by atomic mass is 10.00. The molecule has 0 aliphatic rings. The summed E-state index contributed by atoms with van der Waals surface area (Å²) in [5.41, 5.74) is 5.59. The lowest BCUT2D eigenvalue weighted by Crippen LogP contribution is -2.58. The number of carboxylic acids is 3. The monoisotopic (exact) mass is 474 g/mol. The van der Waals surface area contributed by atoms with E-state index in [1.165, 1.54) is 0 Å². The molecule has 13 heteroatoms. The van der Waals surface area contributed by atoms with Crippen molar-refractivity contribution in [1.82, 2.24) is 16.0 Å². The van der Waals surface area contributed by atoms with Gasteiger partial charge in [0.15, 0.2) is 0 Å². The molecule has 0 aliphatic heterocycles. The Kier molecular flexibility index (Phi) is 12.7. The summed E-state index contributed by atoms with van der Waals surface area (Å²) < 4.78 is 0. The van der Waals surface area contributed by atoms with E-state index in [-0.39, 0.29) is 18.8 Å². The molecule has 0 aromatic rings. The number of carbonyl (C=O) groups excluding carboxylic acids is 3. The number of nitrogens with one attached hydrogen (secondary N) is 3. The van der Waals surface area contributed by atoms with Crippen LogP contribution >= 0.6 is 0 Å². The molecule has 0 spiro atoms. The zero-order valence-electron chi connectivity index (χ0n) is 19.2. The molecule has 3 amide bonds. The Labute approximate surface area is 191 Å². The molecule has 33 heavy (non-hydrogen) atoms. The van der Waals surface area contributed by atoms with Crippen molar-refractivity contribution in [3.63, 3.8) is 0 Å². The molecular formula is C20H34N4O9. The van der Waals surface area contributed by atoms with Gasteiger partial charge in [0.1, 0.15) is 18.1 Å². The first-order chi connectivity index (χ1) is 15.1. The van der Waals surface area contributed by atoms with Crippen LogP contribution in [0.5, 0.6) is 0 Å². The smallest absolute Gasteiger partial charge is 0.326 e. The van der Waals surface area contributed by atoms with Gasteiger partial charge in [0.25, 0.3) is 0 Å². The standard InChI is InChI=1S/C20H34N4O9/c1-9(2)7-13(20(32)33)23-19(31)16(10(3)4)24-18(30)12(8-15(27)28)22-17(29)11(21)5-6-14(25)26/h9-13,16H,5-8,21H2,1-4H3,(H,22,29)(H,23,31)(H,24,30)(H,25,26)(H,27,28)(H,32,33). The Hall–Kier alpha value is -3.22. The summed E-state index contributed by atoms with van der Waals surface area (Å²) in [5, 5.41) is 34.0. The van der Waals surface area contributed by atoms with Gasteiger partial charge in [-0.05, 0) is 24.7 Å². The predicted octanol–water partition coefficient (Wildman–Crippen LogP) is -1.11. The summed E-state index contributed by atoms with van der Waals surface area (Å²) in [4.78, 5) is 70.8. The molecule has 0 rings (SSSR count). The third kappa shape index (κ3) is 11.8. The third-order valence-corrected chi connectivity index (χ3v) is 4.59. The van der Waals surface area contributed by atoms with Gasteiger partial charge in [-0.3, -0.25) is 24.0 Å². The Morgan fingerprint density at radius 3 is 1.73 bits per heavy atom. The largest absolute Gasteiger partial charge is 0.481 e. The molecule has 0 fully saturated rings. The van der Waals surface area contributed by atoms with Crippen molar-refractivity contribution in [2.45, 2.75) is 77.5 Å². The van der Waals surface area contributed by atoms with Gasteiger partial charge >= 0.3 is 17.9 Å². The average Bonchev–Trinajstić information content (AvgIpc) is 2.67. The summed E-state index contributed by atoms with van der Waals surface area (Å²) in [7, 11) is 0. The van der Waals surface area contributed by atoms with Gasteiger partial charge in [-0.15, -0.1) is 0 Å². The van der Waals surface area contributed by atoms with E-state index in [1.807, 2.05) is 0 Å². The minimum Gasteiger partial charge on any atom is -0.481 e. The molecule has 0 aromatic carbocycles. The van der Waals surface area contributed by atoms with Crippen molar-refractivity contribution < 1.29 is 44.1 Å². The zero-order chi connectivity index (χ0) is 25.9. The van der Waals surface area contributed by atoms with Crippen LogP contribution in [0.2, 0.25) is 0 Å². The second-order valence-electron chi connectivity index (χ2n) is 8.46. The van der Waals surface area contributed by atoms with Crippen LogP contribution in [0.15, 0.2) is 0 Å². The minimum absolute atomic E-state index is 0.0287. The van der Waals surface area contributed by atoms with E-state index in [0.29, 0.717) is 0 Å². The van der Waals surface area contributed by atoms with Gasteiger partial charge in [0.2, 0.25) is 17.7 Å². The lowest BCUT2D eigenvalue weighted by molar-refractivity contribution is -0.144. The van der Waals surface area contributed by atoms with Gasteiger partial charge in [-0.25, -0.2) is 4.79 Å². The van der Waals surface area contributed by atoms with E-state index in [2.05, 4.69) is 16.0 Å². The summed E-state index contributed by atoms with van der Waals surface area (Å²) >= 11 is 0. The van der Waals surface area contributed by atoms with E-state index in [0.717, 1.165) is 0 Å². The van der Waals surface area contributed by atoms with Crippen LogP contribution in [0, 0.1) is 11.8 Å². The minimum atomic E-state index is -1.59. The molecule has 0 saturated heterocycles. The molecular weight excluding hydrogens is 440 g/mol. The maximum Gasteiger partial charge on any atom is 0.326 e. The highest BCUT2D eigenvalue weighted by Crippen LogP contribution is 2.09. The van der Waals surface area contributed by atoms with Crippen LogP contribution in [0.1, 0.15) is 53.4 Å². The second kappa shape index (κ2) is 14.0. The van der Waals surface area contributed by atoms with Crippen molar-refractivity contribution in [2.75, 3.05) is 0 Å². The summed E-state index contributed by atoms with van der Waals surface area (Å²) in [6.07, 6.45) is -1.29. The van der Waals surface area contributed by atoms with Gasteiger partial charge in [0, 0.05) is 6.42 Å². The average molecular weight is 475 g/mol. The summed E-state index contributed by atoms with van der Waals surface area (Å²) in [6.45, 7) is 6.75. The van der Waals surface area contributed by atoms with Crippen molar-refractivity contribution >= 4 is 35.6 Å². The van der Waals surface area contributed by atoms with Crippen LogP contribution in [0.25, 0.3) is 0 Å². The van der Waals surface area contributed by atoms with Gasteiger partial charge in [0.05, 0.1) is 12.5 Å². The van der Waals surface area contributed by atoms with E-state index in [9.17, 15) is 33.9 Å². The van der Waals surface area contributed by atoms with Crippen molar-refractivity contribution in [3.8, 4) is 0 Å². The molecule has 4 unspecified atom stereocenters. The molecule has 8 N–H and O–H groups in total. The molecule has 0 aliphatic carbocycles. The van der Waals surface area contributed by atoms with Crippen LogP contribution in [-0.4, -0.2) is 75.1 Å². The van der Waals surface area contributed by atoms with Crippen LogP contribution in [-0.2, 0) is 28.8 Å². The molecule has 188 valence electrons. The molecule has 13 nitrogen and oxygen atoms in total. The van der Waals surface area contributed by atoms with E-state index < -0.39 is 78.6 Å². The number of hydrogen-bond acceptors (Lipinski definition) is 7. The fourth-order valence-corrected chi connectivity index (χ4v) is 2.82.